The number of pyridine rings is 1. The summed E-state index contributed by atoms with van der Waals surface area (Å²) < 4.78 is 31.4. The molecule has 0 radical (unpaired) electrons. The third-order valence-corrected chi connectivity index (χ3v) is 2.73. The predicted octanol–water partition coefficient (Wildman–Crippen LogP) is 4.36. The third kappa shape index (κ3) is 3.26. The van der Waals surface area contributed by atoms with Crippen LogP contribution in [0.25, 0.3) is 0 Å². The molecule has 0 amide bonds. The summed E-state index contributed by atoms with van der Waals surface area (Å²) in [5.41, 5.74) is 0.697. The van der Waals surface area contributed by atoms with Crippen molar-refractivity contribution >= 4 is 15.9 Å². The van der Waals surface area contributed by atoms with Gasteiger partial charge >= 0.3 is 0 Å². The second kappa shape index (κ2) is 5.91. The first-order valence-electron chi connectivity index (χ1n) is 5.27. The van der Waals surface area contributed by atoms with Gasteiger partial charge in [0.2, 0.25) is 5.88 Å². The molecule has 2 aromatic rings. The van der Waals surface area contributed by atoms with Gasteiger partial charge in [0.25, 0.3) is 6.43 Å². The molecule has 0 saturated heterocycles. The summed E-state index contributed by atoms with van der Waals surface area (Å²) in [4.78, 5) is 3.87. The van der Waals surface area contributed by atoms with E-state index in [-0.39, 0.29) is 18.1 Å². The fraction of sp³-hybridized carbons (Fsp3) is 0.154. The standard InChI is InChI=1S/C13H10BrF2NO/c14-10-6-11(12(15)16)13(17-7-10)18-8-9-4-2-1-3-5-9/h1-7,12H,8H2. The normalized spacial score (nSPS) is 10.7. The molecule has 0 N–H and O–H groups in total. The molecule has 0 unspecified atom stereocenters. The lowest BCUT2D eigenvalue weighted by Gasteiger charge is -2.10. The van der Waals surface area contributed by atoms with Crippen LogP contribution < -0.4 is 4.74 Å². The number of hydrogen-bond donors (Lipinski definition) is 0. The van der Waals surface area contributed by atoms with Crippen molar-refractivity contribution in [1.29, 1.82) is 0 Å². The first kappa shape index (κ1) is 13.0. The van der Waals surface area contributed by atoms with Crippen molar-refractivity contribution in [2.24, 2.45) is 0 Å². The monoisotopic (exact) mass is 313 g/mol. The van der Waals surface area contributed by atoms with Crippen LogP contribution in [0.3, 0.4) is 0 Å². The molecule has 0 spiro atoms. The van der Waals surface area contributed by atoms with E-state index in [1.165, 1.54) is 12.3 Å². The van der Waals surface area contributed by atoms with E-state index in [1.807, 2.05) is 30.3 Å². The van der Waals surface area contributed by atoms with Gasteiger partial charge < -0.3 is 4.74 Å². The Hall–Kier alpha value is -1.49. The molecule has 0 bridgehead atoms. The van der Waals surface area contributed by atoms with Crippen molar-refractivity contribution in [3.8, 4) is 5.88 Å². The summed E-state index contributed by atoms with van der Waals surface area (Å²) in [5, 5.41) is 0. The van der Waals surface area contributed by atoms with Crippen molar-refractivity contribution in [1.82, 2.24) is 4.98 Å². The highest BCUT2D eigenvalue weighted by Gasteiger charge is 2.16. The van der Waals surface area contributed by atoms with Gasteiger partial charge in [-0.25, -0.2) is 13.8 Å². The van der Waals surface area contributed by atoms with Crippen molar-refractivity contribution < 1.29 is 13.5 Å². The van der Waals surface area contributed by atoms with Gasteiger partial charge in [-0.3, -0.25) is 0 Å². The number of rotatable bonds is 4. The van der Waals surface area contributed by atoms with Gasteiger partial charge in [0.1, 0.15) is 6.61 Å². The number of halogens is 3. The van der Waals surface area contributed by atoms with Crippen LogP contribution >= 0.6 is 15.9 Å². The maximum atomic E-state index is 12.8. The molecule has 18 heavy (non-hydrogen) atoms. The summed E-state index contributed by atoms with van der Waals surface area (Å²) >= 11 is 3.11. The Kier molecular flexibility index (Phi) is 4.25. The Balaban J connectivity index is 2.14. The number of alkyl halides is 2. The Morgan fingerprint density at radius 1 is 1.22 bits per heavy atom. The molecule has 2 rings (SSSR count). The lowest BCUT2D eigenvalue weighted by atomic mass is 10.2. The van der Waals surface area contributed by atoms with Gasteiger partial charge in [0.15, 0.2) is 0 Å². The number of benzene rings is 1. The second-order valence-electron chi connectivity index (χ2n) is 3.62. The van der Waals surface area contributed by atoms with Crippen LogP contribution in [0.15, 0.2) is 47.1 Å². The van der Waals surface area contributed by atoms with Crippen LogP contribution in [0.4, 0.5) is 8.78 Å². The quantitative estimate of drug-likeness (QED) is 0.836. The lowest BCUT2D eigenvalue weighted by molar-refractivity contribution is 0.142. The smallest absolute Gasteiger partial charge is 0.269 e. The molecular formula is C13H10BrF2NO. The van der Waals surface area contributed by atoms with Crippen LogP contribution in [0.5, 0.6) is 5.88 Å². The molecule has 0 atom stereocenters. The highest BCUT2D eigenvalue weighted by molar-refractivity contribution is 9.10. The van der Waals surface area contributed by atoms with Crippen LogP contribution in [-0.4, -0.2) is 4.98 Å². The number of hydrogen-bond acceptors (Lipinski definition) is 2. The molecule has 1 heterocycles. The lowest BCUT2D eigenvalue weighted by Crippen LogP contribution is -2.01. The summed E-state index contributed by atoms with van der Waals surface area (Å²) in [7, 11) is 0. The van der Waals surface area contributed by atoms with Gasteiger partial charge in [-0.2, -0.15) is 0 Å². The van der Waals surface area contributed by atoms with E-state index in [0.717, 1.165) is 5.56 Å². The maximum Gasteiger partial charge on any atom is 0.269 e. The molecule has 0 aliphatic rings. The van der Waals surface area contributed by atoms with Crippen molar-refractivity contribution in [3.63, 3.8) is 0 Å². The SMILES string of the molecule is FC(F)c1cc(Br)cnc1OCc1ccccc1. The van der Waals surface area contributed by atoms with Crippen molar-refractivity contribution in [2.75, 3.05) is 0 Å². The fourth-order valence-corrected chi connectivity index (χ4v) is 1.79. The molecule has 2 nitrogen and oxygen atoms in total. The van der Waals surface area contributed by atoms with E-state index >= 15 is 0 Å². The molecule has 0 fully saturated rings. The number of nitrogens with zero attached hydrogens (tertiary/aromatic N) is 1. The van der Waals surface area contributed by atoms with E-state index in [2.05, 4.69) is 20.9 Å². The molecule has 0 aliphatic carbocycles. The Morgan fingerprint density at radius 2 is 1.94 bits per heavy atom. The van der Waals surface area contributed by atoms with E-state index in [0.29, 0.717) is 4.47 Å². The second-order valence-corrected chi connectivity index (χ2v) is 4.54. The molecule has 94 valence electrons. The topological polar surface area (TPSA) is 22.1 Å². The van der Waals surface area contributed by atoms with Gasteiger partial charge in [-0.05, 0) is 27.6 Å². The zero-order valence-corrected chi connectivity index (χ0v) is 10.9. The Morgan fingerprint density at radius 3 is 2.61 bits per heavy atom. The van der Waals surface area contributed by atoms with E-state index < -0.39 is 6.43 Å². The first-order chi connectivity index (χ1) is 8.66. The van der Waals surface area contributed by atoms with E-state index in [9.17, 15) is 8.78 Å². The van der Waals surface area contributed by atoms with Crippen LogP contribution in [0.1, 0.15) is 17.6 Å². The largest absolute Gasteiger partial charge is 0.472 e. The highest BCUT2D eigenvalue weighted by Crippen LogP contribution is 2.29. The molecule has 0 aliphatic heterocycles. The zero-order chi connectivity index (χ0) is 13.0. The molecule has 1 aromatic heterocycles. The third-order valence-electron chi connectivity index (χ3n) is 2.30. The highest BCUT2D eigenvalue weighted by atomic mass is 79.9. The zero-order valence-electron chi connectivity index (χ0n) is 9.32. The molecule has 1 aromatic carbocycles. The van der Waals surface area contributed by atoms with Gasteiger partial charge in [0.05, 0.1) is 5.56 Å². The maximum absolute atomic E-state index is 12.8. The van der Waals surface area contributed by atoms with Crippen LogP contribution in [0, 0.1) is 0 Å². The predicted molar refractivity (Wildman–Crippen MR) is 67.7 cm³/mol. The van der Waals surface area contributed by atoms with Crippen LogP contribution in [0.2, 0.25) is 0 Å². The van der Waals surface area contributed by atoms with Gasteiger partial charge in [0, 0.05) is 10.7 Å². The summed E-state index contributed by atoms with van der Waals surface area (Å²) in [6.07, 6.45) is -1.17. The Labute approximate surface area is 112 Å². The fourth-order valence-electron chi connectivity index (χ4n) is 1.45. The van der Waals surface area contributed by atoms with Gasteiger partial charge in [-0.15, -0.1) is 0 Å². The van der Waals surface area contributed by atoms with Crippen molar-refractivity contribution in [3.05, 3.63) is 58.2 Å². The molecule has 5 heteroatoms. The summed E-state index contributed by atoms with van der Waals surface area (Å²) in [6, 6.07) is 10.6. The molecular weight excluding hydrogens is 304 g/mol. The molecule has 0 saturated carbocycles. The summed E-state index contributed by atoms with van der Waals surface area (Å²) in [6.45, 7) is 0.217. The van der Waals surface area contributed by atoms with E-state index in [1.54, 1.807) is 0 Å². The minimum absolute atomic E-state index is 0.0305. The summed E-state index contributed by atoms with van der Waals surface area (Å²) in [5.74, 6) is -0.0305. The minimum Gasteiger partial charge on any atom is -0.472 e. The average molecular weight is 314 g/mol. The minimum atomic E-state index is -2.61. The Bertz CT molecular complexity index is 520. The van der Waals surface area contributed by atoms with E-state index in [4.69, 9.17) is 4.74 Å². The first-order valence-corrected chi connectivity index (χ1v) is 6.06. The number of ether oxygens (including phenoxy) is 1. The number of aromatic nitrogens is 1. The van der Waals surface area contributed by atoms with Gasteiger partial charge in [-0.1, -0.05) is 30.3 Å². The van der Waals surface area contributed by atoms with Crippen LogP contribution in [-0.2, 0) is 6.61 Å². The van der Waals surface area contributed by atoms with Crippen molar-refractivity contribution in [2.45, 2.75) is 13.0 Å². The average Bonchev–Trinajstić information content (AvgIpc) is 2.38.